The van der Waals surface area contributed by atoms with Crippen LogP contribution < -0.4 is 10.6 Å². The molecule has 1 aromatic carbocycles. The minimum Gasteiger partial charge on any atom is -0.374 e. The fraction of sp³-hybridized carbons (Fsp3) is 0.647. The first kappa shape index (κ1) is 16.0. The first-order valence-electron chi connectivity index (χ1n) is 7.50. The van der Waals surface area contributed by atoms with Crippen molar-refractivity contribution in [2.24, 2.45) is 11.7 Å². The Bertz CT molecular complexity index is 385. The molecule has 0 radical (unpaired) electrons. The highest BCUT2D eigenvalue weighted by Crippen LogP contribution is 2.21. The van der Waals surface area contributed by atoms with Crippen LogP contribution in [0.15, 0.2) is 18.2 Å². The smallest absolute Gasteiger partial charge is 0.0393 e. The summed E-state index contributed by atoms with van der Waals surface area (Å²) in [5.74, 6) is 0.754. The Morgan fingerprint density at radius 2 is 1.95 bits per heavy atom. The summed E-state index contributed by atoms with van der Waals surface area (Å²) in [6.07, 6.45) is 3.25. The van der Waals surface area contributed by atoms with Crippen LogP contribution in [0.25, 0.3) is 0 Å². The van der Waals surface area contributed by atoms with Gasteiger partial charge in [-0.25, -0.2) is 0 Å². The summed E-state index contributed by atoms with van der Waals surface area (Å²) in [5, 5.41) is 0. The maximum absolute atomic E-state index is 6.02. The molecule has 2 nitrogen and oxygen atoms in total. The van der Waals surface area contributed by atoms with Crippen LogP contribution in [0.2, 0.25) is 0 Å². The average Bonchev–Trinajstić information content (AvgIpc) is 2.35. The SMILES string of the molecule is CCC(N)Cc1ccc(N(C)CCC(C)C)c(C)c1. The van der Waals surface area contributed by atoms with Gasteiger partial charge in [-0.2, -0.15) is 0 Å². The van der Waals surface area contributed by atoms with Gasteiger partial charge in [0.1, 0.15) is 0 Å². The molecule has 1 atom stereocenters. The van der Waals surface area contributed by atoms with E-state index >= 15 is 0 Å². The quantitative estimate of drug-likeness (QED) is 0.810. The van der Waals surface area contributed by atoms with E-state index in [4.69, 9.17) is 5.73 Å². The number of rotatable bonds is 7. The van der Waals surface area contributed by atoms with Crippen LogP contribution in [0, 0.1) is 12.8 Å². The normalized spacial score (nSPS) is 12.8. The standard InChI is InChI=1S/C17H30N2/c1-6-16(18)12-15-7-8-17(14(4)11-15)19(5)10-9-13(2)3/h7-8,11,13,16H,6,9-10,12,18H2,1-5H3. The predicted octanol–water partition coefficient (Wildman–Crippen LogP) is 3.76. The van der Waals surface area contributed by atoms with Gasteiger partial charge in [-0.3, -0.25) is 0 Å². The Kier molecular flexibility index (Phi) is 6.36. The zero-order valence-corrected chi connectivity index (χ0v) is 13.2. The number of nitrogens with zero attached hydrogens (tertiary/aromatic N) is 1. The Hall–Kier alpha value is -1.02. The van der Waals surface area contributed by atoms with Crippen molar-refractivity contribution in [2.45, 2.75) is 53.0 Å². The second-order valence-corrected chi connectivity index (χ2v) is 6.10. The Balaban J connectivity index is 2.71. The number of aryl methyl sites for hydroxylation is 1. The van der Waals surface area contributed by atoms with Crippen LogP contribution in [0.1, 0.15) is 44.7 Å². The zero-order chi connectivity index (χ0) is 14.4. The van der Waals surface area contributed by atoms with Crippen molar-refractivity contribution in [3.63, 3.8) is 0 Å². The lowest BCUT2D eigenvalue weighted by molar-refractivity contribution is 0.585. The summed E-state index contributed by atoms with van der Waals surface area (Å²) >= 11 is 0. The molecule has 0 saturated heterocycles. The van der Waals surface area contributed by atoms with E-state index in [9.17, 15) is 0 Å². The van der Waals surface area contributed by atoms with E-state index in [2.05, 4.69) is 57.8 Å². The number of hydrogen-bond donors (Lipinski definition) is 1. The molecule has 1 aromatic rings. The summed E-state index contributed by atoms with van der Waals surface area (Å²) in [4.78, 5) is 2.36. The van der Waals surface area contributed by atoms with Crippen molar-refractivity contribution in [1.82, 2.24) is 0 Å². The van der Waals surface area contributed by atoms with Gasteiger partial charge in [-0.05, 0) is 49.3 Å². The van der Waals surface area contributed by atoms with Crippen molar-refractivity contribution >= 4 is 5.69 Å². The molecule has 0 aliphatic heterocycles. The molecule has 0 saturated carbocycles. The van der Waals surface area contributed by atoms with Gasteiger partial charge in [0, 0.05) is 25.3 Å². The first-order valence-corrected chi connectivity index (χ1v) is 7.50. The van der Waals surface area contributed by atoms with Crippen molar-refractivity contribution < 1.29 is 0 Å². The van der Waals surface area contributed by atoms with Crippen LogP contribution in [-0.4, -0.2) is 19.6 Å². The molecule has 0 aromatic heterocycles. The Morgan fingerprint density at radius 1 is 1.26 bits per heavy atom. The zero-order valence-electron chi connectivity index (χ0n) is 13.2. The lowest BCUT2D eigenvalue weighted by atomic mass is 10.0. The summed E-state index contributed by atoms with van der Waals surface area (Å²) in [5.41, 5.74) is 10.1. The lowest BCUT2D eigenvalue weighted by Crippen LogP contribution is -2.22. The van der Waals surface area contributed by atoms with Gasteiger partial charge < -0.3 is 10.6 Å². The fourth-order valence-electron chi connectivity index (χ4n) is 2.29. The molecule has 1 unspecified atom stereocenters. The van der Waals surface area contributed by atoms with Gasteiger partial charge >= 0.3 is 0 Å². The van der Waals surface area contributed by atoms with Gasteiger partial charge in [0.25, 0.3) is 0 Å². The third-order valence-electron chi connectivity index (χ3n) is 3.74. The number of anilines is 1. The van der Waals surface area contributed by atoms with E-state index in [-0.39, 0.29) is 6.04 Å². The van der Waals surface area contributed by atoms with Crippen molar-refractivity contribution in [3.05, 3.63) is 29.3 Å². The molecule has 0 fully saturated rings. The monoisotopic (exact) mass is 262 g/mol. The van der Waals surface area contributed by atoms with Crippen LogP contribution >= 0.6 is 0 Å². The molecule has 2 N–H and O–H groups in total. The average molecular weight is 262 g/mol. The molecule has 1 rings (SSSR count). The molecule has 0 heterocycles. The maximum atomic E-state index is 6.02. The van der Waals surface area contributed by atoms with Crippen LogP contribution in [0.4, 0.5) is 5.69 Å². The maximum Gasteiger partial charge on any atom is 0.0393 e. The molecule has 108 valence electrons. The summed E-state index contributed by atoms with van der Waals surface area (Å²) < 4.78 is 0. The summed E-state index contributed by atoms with van der Waals surface area (Å²) in [6.45, 7) is 10.0. The van der Waals surface area contributed by atoms with E-state index in [1.807, 2.05) is 0 Å². The Labute approximate surface area is 119 Å². The van der Waals surface area contributed by atoms with E-state index in [0.29, 0.717) is 0 Å². The first-order chi connectivity index (χ1) is 8.93. The topological polar surface area (TPSA) is 29.3 Å². The van der Waals surface area contributed by atoms with Gasteiger partial charge in [0.15, 0.2) is 0 Å². The highest BCUT2D eigenvalue weighted by atomic mass is 15.1. The van der Waals surface area contributed by atoms with Gasteiger partial charge in [0.05, 0.1) is 0 Å². The molecule has 0 amide bonds. The summed E-state index contributed by atoms with van der Waals surface area (Å²) in [7, 11) is 2.18. The van der Waals surface area contributed by atoms with Crippen LogP contribution in [0.5, 0.6) is 0 Å². The molecular weight excluding hydrogens is 232 g/mol. The molecular formula is C17H30N2. The third-order valence-corrected chi connectivity index (χ3v) is 3.74. The van der Waals surface area contributed by atoms with Gasteiger partial charge in [0.2, 0.25) is 0 Å². The van der Waals surface area contributed by atoms with Crippen molar-refractivity contribution in [1.29, 1.82) is 0 Å². The van der Waals surface area contributed by atoms with E-state index in [1.54, 1.807) is 0 Å². The lowest BCUT2D eigenvalue weighted by Gasteiger charge is -2.23. The highest BCUT2D eigenvalue weighted by Gasteiger charge is 2.08. The fourth-order valence-corrected chi connectivity index (χ4v) is 2.29. The van der Waals surface area contributed by atoms with Crippen LogP contribution in [0.3, 0.4) is 0 Å². The van der Waals surface area contributed by atoms with E-state index < -0.39 is 0 Å². The second-order valence-electron chi connectivity index (χ2n) is 6.10. The van der Waals surface area contributed by atoms with E-state index in [0.717, 1.165) is 25.3 Å². The van der Waals surface area contributed by atoms with E-state index in [1.165, 1.54) is 23.2 Å². The van der Waals surface area contributed by atoms with Crippen LogP contribution in [-0.2, 0) is 6.42 Å². The molecule has 0 aliphatic carbocycles. The molecule has 19 heavy (non-hydrogen) atoms. The van der Waals surface area contributed by atoms with Gasteiger partial charge in [-0.1, -0.05) is 32.9 Å². The van der Waals surface area contributed by atoms with Crippen molar-refractivity contribution in [2.75, 3.05) is 18.5 Å². The molecule has 0 aliphatic rings. The molecule has 0 spiro atoms. The molecule has 2 heteroatoms. The highest BCUT2D eigenvalue weighted by molar-refractivity contribution is 5.54. The number of hydrogen-bond acceptors (Lipinski definition) is 2. The third kappa shape index (κ3) is 5.23. The minimum atomic E-state index is 0.281. The predicted molar refractivity (Wildman–Crippen MR) is 85.9 cm³/mol. The minimum absolute atomic E-state index is 0.281. The second kappa shape index (κ2) is 7.54. The van der Waals surface area contributed by atoms with Crippen molar-refractivity contribution in [3.8, 4) is 0 Å². The Morgan fingerprint density at radius 3 is 2.47 bits per heavy atom. The number of benzene rings is 1. The largest absolute Gasteiger partial charge is 0.374 e. The number of nitrogens with two attached hydrogens (primary N) is 1. The summed E-state index contributed by atoms with van der Waals surface area (Å²) in [6, 6.07) is 7.04. The molecule has 0 bridgehead atoms. The van der Waals surface area contributed by atoms with Gasteiger partial charge in [-0.15, -0.1) is 0 Å².